The van der Waals surface area contributed by atoms with E-state index in [2.05, 4.69) is 197 Å². The maximum atomic E-state index is 6.09. The van der Waals surface area contributed by atoms with Crippen LogP contribution in [0.3, 0.4) is 0 Å². The minimum Gasteiger partial charge on any atom is -0.416 e. The number of nitrogens with zero attached hydrogens (tertiary/aromatic N) is 5. The molecule has 0 radical (unpaired) electrons. The van der Waals surface area contributed by atoms with E-state index >= 15 is 0 Å². The molecule has 66 heavy (non-hydrogen) atoms. The van der Waals surface area contributed by atoms with Crippen molar-refractivity contribution in [1.29, 1.82) is 0 Å². The van der Waals surface area contributed by atoms with Gasteiger partial charge in [-0.05, 0) is 117 Å². The minimum absolute atomic E-state index is 0.468. The molecular weight excluding hydrogens is 807 g/mol. The second-order valence-corrected chi connectivity index (χ2v) is 16.3. The van der Waals surface area contributed by atoms with Crippen LogP contribution in [0.25, 0.3) is 100 Å². The van der Waals surface area contributed by atoms with Gasteiger partial charge in [0.15, 0.2) is 0 Å². The molecule has 6 nitrogen and oxygen atoms in total. The summed E-state index contributed by atoms with van der Waals surface area (Å²) >= 11 is 0. The number of fused-ring (bicyclic) bond motifs is 3. The largest absolute Gasteiger partial charge is 0.416 e. The zero-order chi connectivity index (χ0) is 43.8. The summed E-state index contributed by atoms with van der Waals surface area (Å²) in [6, 6.07) is 82.2. The van der Waals surface area contributed by atoms with Gasteiger partial charge in [-0.15, -0.1) is 10.2 Å². The van der Waals surface area contributed by atoms with Crippen molar-refractivity contribution in [1.82, 2.24) is 20.2 Å². The van der Waals surface area contributed by atoms with Gasteiger partial charge in [-0.25, -0.2) is 9.97 Å². The lowest BCUT2D eigenvalue weighted by Crippen LogP contribution is -2.09. The van der Waals surface area contributed by atoms with Crippen molar-refractivity contribution in [3.8, 4) is 67.7 Å². The third-order valence-corrected chi connectivity index (χ3v) is 12.2. The third kappa shape index (κ3) is 7.13. The molecule has 12 aromatic rings. The molecular formula is C60H39N5O. The molecule has 2 heterocycles. The number of rotatable bonds is 9. The average Bonchev–Trinajstić information content (AvgIpc) is 3.90. The molecule has 0 N–H and O–H groups in total. The second-order valence-electron chi connectivity index (χ2n) is 16.3. The minimum atomic E-state index is 0.468. The normalized spacial score (nSPS) is 11.3. The number of aromatic nitrogens is 4. The van der Waals surface area contributed by atoms with Crippen LogP contribution in [0.4, 0.5) is 17.1 Å². The molecule has 10 aromatic carbocycles. The standard InChI is InChI=1S/C60H39N5O/c1-4-18-42(19-5-1)57-58(62-56-39-54(52-29-15-23-41-17-11-13-27-50(41)52)53(38-55(56)61-57)51-28-14-22-40-16-10-12-26-49(40)51)43-30-34-47(35-31-43)65(46-24-8-3-9-25-46)48-36-32-45(33-37-48)60-64-63-59(66-60)44-20-6-2-7-21-44/h1-39H. The van der Waals surface area contributed by atoms with Gasteiger partial charge in [-0.3, -0.25) is 0 Å². The van der Waals surface area contributed by atoms with Gasteiger partial charge >= 0.3 is 0 Å². The summed E-state index contributed by atoms with van der Waals surface area (Å²) in [6.45, 7) is 0. The maximum Gasteiger partial charge on any atom is 0.248 e. The summed E-state index contributed by atoms with van der Waals surface area (Å²) in [5.41, 5.74) is 14.5. The maximum absolute atomic E-state index is 6.09. The van der Waals surface area contributed by atoms with Crippen LogP contribution >= 0.6 is 0 Å². The molecule has 0 aliphatic heterocycles. The van der Waals surface area contributed by atoms with Crippen molar-refractivity contribution >= 4 is 49.6 Å². The first-order valence-corrected chi connectivity index (χ1v) is 22.0. The number of para-hydroxylation sites is 1. The molecule has 0 fully saturated rings. The van der Waals surface area contributed by atoms with Crippen molar-refractivity contribution in [2.45, 2.75) is 0 Å². The topological polar surface area (TPSA) is 67.9 Å². The van der Waals surface area contributed by atoms with Gasteiger partial charge in [-0.2, -0.15) is 0 Å². The predicted molar refractivity (Wildman–Crippen MR) is 270 cm³/mol. The molecule has 0 saturated carbocycles. The molecule has 310 valence electrons. The summed E-state index contributed by atoms with van der Waals surface area (Å²) in [5.74, 6) is 0.957. The summed E-state index contributed by atoms with van der Waals surface area (Å²) in [4.78, 5) is 13.3. The summed E-state index contributed by atoms with van der Waals surface area (Å²) < 4.78 is 6.09. The average molecular weight is 846 g/mol. The van der Waals surface area contributed by atoms with Crippen LogP contribution in [-0.4, -0.2) is 20.2 Å². The third-order valence-electron chi connectivity index (χ3n) is 12.2. The Labute approximate surface area is 381 Å². The Morgan fingerprint density at radius 1 is 0.303 bits per heavy atom. The van der Waals surface area contributed by atoms with Crippen LogP contribution < -0.4 is 4.90 Å². The van der Waals surface area contributed by atoms with Crippen molar-refractivity contribution in [3.05, 3.63) is 237 Å². The Morgan fingerprint density at radius 3 is 1.20 bits per heavy atom. The molecule has 6 heteroatoms. The Bertz CT molecular complexity index is 3670. The van der Waals surface area contributed by atoms with E-state index in [0.29, 0.717) is 11.8 Å². The SMILES string of the molecule is c1ccc(-c2nnc(-c3ccc(N(c4ccccc4)c4ccc(-c5nc6cc(-c7cccc8ccccc78)c(-c7cccc8ccccc78)cc6nc5-c5ccccc5)cc4)cc3)o2)cc1. The molecule has 0 aliphatic carbocycles. The molecule has 0 bridgehead atoms. The fraction of sp³-hybridized carbons (Fsp3) is 0. The van der Waals surface area contributed by atoms with Crippen molar-refractivity contribution in [2.24, 2.45) is 0 Å². The molecule has 0 spiro atoms. The van der Waals surface area contributed by atoms with Gasteiger partial charge in [0, 0.05) is 39.3 Å². The van der Waals surface area contributed by atoms with E-state index in [1.165, 1.54) is 21.5 Å². The van der Waals surface area contributed by atoms with Crippen LogP contribution in [0.1, 0.15) is 0 Å². The highest BCUT2D eigenvalue weighted by molar-refractivity contribution is 6.08. The molecule has 0 atom stereocenters. The highest BCUT2D eigenvalue weighted by atomic mass is 16.4. The summed E-state index contributed by atoms with van der Waals surface area (Å²) in [5, 5.41) is 13.4. The van der Waals surface area contributed by atoms with Crippen LogP contribution in [0.15, 0.2) is 241 Å². The van der Waals surface area contributed by atoms with Crippen LogP contribution in [0.5, 0.6) is 0 Å². The molecule has 0 amide bonds. The van der Waals surface area contributed by atoms with E-state index in [1.54, 1.807) is 0 Å². The first kappa shape index (κ1) is 38.7. The van der Waals surface area contributed by atoms with E-state index < -0.39 is 0 Å². The summed E-state index contributed by atoms with van der Waals surface area (Å²) in [7, 11) is 0. The van der Waals surface area contributed by atoms with Gasteiger partial charge in [-0.1, -0.05) is 164 Å². The molecule has 12 rings (SSSR count). The number of hydrogen-bond acceptors (Lipinski definition) is 6. The van der Waals surface area contributed by atoms with E-state index in [1.807, 2.05) is 54.6 Å². The Balaban J connectivity index is 0.984. The smallest absolute Gasteiger partial charge is 0.248 e. The lowest BCUT2D eigenvalue weighted by atomic mass is 9.88. The highest BCUT2D eigenvalue weighted by Crippen LogP contribution is 2.43. The molecule has 0 aliphatic rings. The number of anilines is 3. The van der Waals surface area contributed by atoms with E-state index in [9.17, 15) is 0 Å². The van der Waals surface area contributed by atoms with Crippen molar-refractivity contribution in [3.63, 3.8) is 0 Å². The molecule has 0 unspecified atom stereocenters. The van der Waals surface area contributed by atoms with Crippen molar-refractivity contribution < 1.29 is 4.42 Å². The summed E-state index contributed by atoms with van der Waals surface area (Å²) in [6.07, 6.45) is 0. The van der Waals surface area contributed by atoms with E-state index in [0.717, 1.165) is 84.0 Å². The van der Waals surface area contributed by atoms with Crippen LogP contribution in [-0.2, 0) is 0 Å². The Morgan fingerprint density at radius 2 is 0.682 bits per heavy atom. The molecule has 0 saturated heterocycles. The number of hydrogen-bond donors (Lipinski definition) is 0. The second kappa shape index (κ2) is 16.6. The van der Waals surface area contributed by atoms with Gasteiger partial charge in [0.25, 0.3) is 0 Å². The highest BCUT2D eigenvalue weighted by Gasteiger charge is 2.20. The van der Waals surface area contributed by atoms with Gasteiger partial charge in [0.05, 0.1) is 22.4 Å². The van der Waals surface area contributed by atoms with E-state index in [-0.39, 0.29) is 0 Å². The fourth-order valence-corrected chi connectivity index (χ4v) is 9.05. The lowest BCUT2D eigenvalue weighted by molar-refractivity contribution is 0.584. The first-order chi connectivity index (χ1) is 32.7. The zero-order valence-electron chi connectivity index (χ0n) is 35.7. The van der Waals surface area contributed by atoms with Gasteiger partial charge in [0.2, 0.25) is 11.8 Å². The monoisotopic (exact) mass is 845 g/mol. The van der Waals surface area contributed by atoms with Crippen molar-refractivity contribution in [2.75, 3.05) is 4.90 Å². The van der Waals surface area contributed by atoms with E-state index in [4.69, 9.17) is 14.4 Å². The zero-order valence-corrected chi connectivity index (χ0v) is 35.7. The molecule has 2 aromatic heterocycles. The van der Waals surface area contributed by atoms with Crippen LogP contribution in [0, 0.1) is 0 Å². The lowest BCUT2D eigenvalue weighted by Gasteiger charge is -2.25. The fourth-order valence-electron chi connectivity index (χ4n) is 9.05. The number of benzene rings is 10. The van der Waals surface area contributed by atoms with Gasteiger partial charge < -0.3 is 9.32 Å². The predicted octanol–water partition coefficient (Wildman–Crippen LogP) is 15.8. The van der Waals surface area contributed by atoms with Gasteiger partial charge in [0.1, 0.15) is 0 Å². The Kier molecular flexibility index (Phi) is 9.73. The quantitative estimate of drug-likeness (QED) is 0.144. The Hall–Kier alpha value is -9.00. The van der Waals surface area contributed by atoms with Crippen LogP contribution in [0.2, 0.25) is 0 Å². The first-order valence-electron chi connectivity index (χ1n) is 22.0.